The number of amides is 2. The maximum absolute atomic E-state index is 12.7. The van der Waals surface area contributed by atoms with Gasteiger partial charge in [-0.05, 0) is 63.6 Å². The fourth-order valence-electron chi connectivity index (χ4n) is 2.72. The summed E-state index contributed by atoms with van der Waals surface area (Å²) in [7, 11) is -1.94. The summed E-state index contributed by atoms with van der Waals surface area (Å²) in [6.07, 6.45) is 1.12. The lowest BCUT2D eigenvalue weighted by Crippen LogP contribution is -2.40. The molecule has 2 aromatic carbocycles. The third kappa shape index (κ3) is 5.80. The van der Waals surface area contributed by atoms with Crippen LogP contribution in [0.5, 0.6) is 0 Å². The Morgan fingerprint density at radius 2 is 1.62 bits per heavy atom. The number of hydrogen-bond acceptors (Lipinski definition) is 4. The van der Waals surface area contributed by atoms with E-state index in [0.717, 1.165) is 10.6 Å². The first-order valence-electron chi connectivity index (χ1n) is 9.07. The van der Waals surface area contributed by atoms with Crippen molar-refractivity contribution >= 4 is 33.2 Å². The quantitative estimate of drug-likeness (QED) is 0.781. The van der Waals surface area contributed by atoms with E-state index in [9.17, 15) is 18.0 Å². The molecule has 0 saturated heterocycles. The number of nitrogens with zero attached hydrogens (tertiary/aromatic N) is 1. The van der Waals surface area contributed by atoms with Crippen LogP contribution in [0.4, 0.5) is 11.4 Å². The molecule has 0 aliphatic carbocycles. The predicted molar refractivity (Wildman–Crippen MR) is 116 cm³/mol. The Kier molecular flexibility index (Phi) is 6.37. The lowest BCUT2D eigenvalue weighted by atomic mass is 10.1. The molecule has 0 atom stereocenters. The smallest absolute Gasteiger partial charge is 0.255 e. The van der Waals surface area contributed by atoms with Gasteiger partial charge >= 0.3 is 0 Å². The van der Waals surface area contributed by atoms with Gasteiger partial charge in [-0.2, -0.15) is 0 Å². The van der Waals surface area contributed by atoms with Crippen molar-refractivity contribution in [1.82, 2.24) is 5.32 Å². The lowest BCUT2D eigenvalue weighted by molar-refractivity contribution is 0.0920. The molecule has 0 radical (unpaired) electrons. The maximum atomic E-state index is 12.7. The normalized spacial score (nSPS) is 11.7. The Bertz CT molecular complexity index is 1040. The van der Waals surface area contributed by atoms with Crippen LogP contribution in [-0.2, 0) is 10.0 Å². The number of sulfonamides is 1. The number of benzene rings is 2. The first-order chi connectivity index (χ1) is 13.3. The molecule has 2 aromatic rings. The molecule has 156 valence electrons. The van der Waals surface area contributed by atoms with Crippen molar-refractivity contribution in [2.24, 2.45) is 0 Å². The standard InChI is InChI=1S/C21H27N3O4S/c1-14-13-15(11-12-18(14)24(5)29(6,27)28)19(25)22-17-10-8-7-9-16(17)20(26)23-21(2,3)4/h7-13H,1-6H3,(H,22,25)(H,23,26). The second-order valence-corrected chi connectivity index (χ2v) is 9.95. The minimum Gasteiger partial charge on any atom is -0.347 e. The third-order valence-corrected chi connectivity index (χ3v) is 5.40. The summed E-state index contributed by atoms with van der Waals surface area (Å²) in [4.78, 5) is 25.3. The topological polar surface area (TPSA) is 95.6 Å². The summed E-state index contributed by atoms with van der Waals surface area (Å²) in [5.74, 6) is -0.674. The highest BCUT2D eigenvalue weighted by atomic mass is 32.2. The number of carbonyl (C=O) groups excluding carboxylic acids is 2. The van der Waals surface area contributed by atoms with Crippen LogP contribution >= 0.6 is 0 Å². The molecule has 0 fully saturated rings. The zero-order chi connectivity index (χ0) is 22.0. The number of nitrogens with one attached hydrogen (secondary N) is 2. The predicted octanol–water partition coefficient (Wildman–Crippen LogP) is 3.17. The van der Waals surface area contributed by atoms with E-state index in [1.165, 1.54) is 7.05 Å². The van der Waals surface area contributed by atoms with Crippen LogP contribution in [0, 0.1) is 6.92 Å². The van der Waals surface area contributed by atoms with Gasteiger partial charge < -0.3 is 10.6 Å². The molecule has 0 spiro atoms. The molecule has 8 heteroatoms. The molecule has 0 aliphatic rings. The van der Waals surface area contributed by atoms with E-state index in [1.54, 1.807) is 49.4 Å². The Hall–Kier alpha value is -2.87. The van der Waals surface area contributed by atoms with Gasteiger partial charge in [-0.3, -0.25) is 13.9 Å². The van der Waals surface area contributed by atoms with Crippen LogP contribution in [-0.4, -0.2) is 39.1 Å². The maximum Gasteiger partial charge on any atom is 0.255 e. The van der Waals surface area contributed by atoms with Crippen molar-refractivity contribution in [2.75, 3.05) is 22.9 Å². The van der Waals surface area contributed by atoms with E-state index < -0.39 is 21.5 Å². The molecule has 2 rings (SSSR count). The molecular weight excluding hydrogens is 390 g/mol. The van der Waals surface area contributed by atoms with Gasteiger partial charge in [-0.25, -0.2) is 8.42 Å². The number of aryl methyl sites for hydroxylation is 1. The summed E-state index contributed by atoms with van der Waals surface area (Å²) in [6.45, 7) is 7.37. The van der Waals surface area contributed by atoms with Crippen molar-refractivity contribution in [3.63, 3.8) is 0 Å². The molecule has 0 heterocycles. The van der Waals surface area contributed by atoms with Gasteiger partial charge in [0.1, 0.15) is 0 Å². The monoisotopic (exact) mass is 417 g/mol. The number of rotatable bonds is 5. The van der Waals surface area contributed by atoms with E-state index in [1.807, 2.05) is 20.8 Å². The number of anilines is 2. The summed E-state index contributed by atoms with van der Waals surface area (Å²) in [5.41, 5.74) is 1.85. The first kappa shape index (κ1) is 22.4. The largest absolute Gasteiger partial charge is 0.347 e. The second kappa shape index (κ2) is 8.24. The first-order valence-corrected chi connectivity index (χ1v) is 10.9. The minimum absolute atomic E-state index is 0.283. The zero-order valence-corrected chi connectivity index (χ0v) is 18.3. The van der Waals surface area contributed by atoms with Crippen LogP contribution < -0.4 is 14.9 Å². The van der Waals surface area contributed by atoms with Gasteiger partial charge in [0.25, 0.3) is 11.8 Å². The lowest BCUT2D eigenvalue weighted by Gasteiger charge is -2.22. The van der Waals surface area contributed by atoms with Gasteiger partial charge in [0.2, 0.25) is 10.0 Å². The molecule has 2 amide bonds. The van der Waals surface area contributed by atoms with Crippen LogP contribution in [0.25, 0.3) is 0 Å². The summed E-state index contributed by atoms with van der Waals surface area (Å²) >= 11 is 0. The summed E-state index contributed by atoms with van der Waals surface area (Å²) in [6, 6.07) is 11.5. The van der Waals surface area contributed by atoms with Crippen molar-refractivity contribution in [3.05, 3.63) is 59.2 Å². The van der Waals surface area contributed by atoms with E-state index >= 15 is 0 Å². The van der Waals surface area contributed by atoms with Crippen molar-refractivity contribution in [3.8, 4) is 0 Å². The van der Waals surface area contributed by atoms with E-state index in [-0.39, 0.29) is 5.91 Å². The van der Waals surface area contributed by atoms with Crippen LogP contribution in [0.2, 0.25) is 0 Å². The molecule has 29 heavy (non-hydrogen) atoms. The van der Waals surface area contributed by atoms with Gasteiger partial charge in [-0.15, -0.1) is 0 Å². The Labute approximate surface area is 172 Å². The Balaban J connectivity index is 2.28. The number of carbonyl (C=O) groups is 2. The van der Waals surface area contributed by atoms with E-state index in [4.69, 9.17) is 0 Å². The van der Waals surface area contributed by atoms with Crippen LogP contribution in [0.1, 0.15) is 47.1 Å². The van der Waals surface area contributed by atoms with Gasteiger partial charge in [0, 0.05) is 18.2 Å². The highest BCUT2D eigenvalue weighted by Gasteiger charge is 2.20. The molecule has 0 bridgehead atoms. The van der Waals surface area contributed by atoms with Crippen molar-refractivity contribution in [1.29, 1.82) is 0 Å². The van der Waals surface area contributed by atoms with Gasteiger partial charge in [0.05, 0.1) is 23.2 Å². The molecule has 0 aromatic heterocycles. The highest BCUT2D eigenvalue weighted by molar-refractivity contribution is 7.92. The van der Waals surface area contributed by atoms with Gasteiger partial charge in [-0.1, -0.05) is 12.1 Å². The Morgan fingerprint density at radius 3 is 2.17 bits per heavy atom. The zero-order valence-electron chi connectivity index (χ0n) is 17.5. The summed E-state index contributed by atoms with van der Waals surface area (Å²) < 4.78 is 24.7. The van der Waals surface area contributed by atoms with Crippen molar-refractivity contribution < 1.29 is 18.0 Å². The third-order valence-electron chi connectivity index (χ3n) is 4.20. The number of para-hydroxylation sites is 1. The molecular formula is C21H27N3O4S. The average molecular weight is 418 g/mol. The highest BCUT2D eigenvalue weighted by Crippen LogP contribution is 2.23. The number of hydrogen-bond donors (Lipinski definition) is 2. The molecule has 0 saturated carbocycles. The summed E-state index contributed by atoms with van der Waals surface area (Å²) in [5, 5.41) is 5.65. The van der Waals surface area contributed by atoms with Crippen LogP contribution in [0.3, 0.4) is 0 Å². The van der Waals surface area contributed by atoms with Gasteiger partial charge in [0.15, 0.2) is 0 Å². The van der Waals surface area contributed by atoms with Crippen molar-refractivity contribution in [2.45, 2.75) is 33.2 Å². The fraction of sp³-hybridized carbons (Fsp3) is 0.333. The fourth-order valence-corrected chi connectivity index (χ4v) is 3.28. The van der Waals surface area contributed by atoms with Crippen LogP contribution in [0.15, 0.2) is 42.5 Å². The minimum atomic E-state index is -3.40. The SMILES string of the molecule is Cc1cc(C(=O)Nc2ccccc2C(=O)NC(C)(C)C)ccc1N(C)S(C)(=O)=O. The molecule has 2 N–H and O–H groups in total. The Morgan fingerprint density at radius 1 is 1.00 bits per heavy atom. The molecule has 0 aliphatic heterocycles. The second-order valence-electron chi connectivity index (χ2n) is 7.94. The molecule has 0 unspecified atom stereocenters. The average Bonchev–Trinajstić information content (AvgIpc) is 2.59. The van der Waals surface area contributed by atoms with E-state index in [0.29, 0.717) is 28.1 Å². The van der Waals surface area contributed by atoms with E-state index in [2.05, 4.69) is 10.6 Å². The molecule has 7 nitrogen and oxygen atoms in total.